The fourth-order valence-corrected chi connectivity index (χ4v) is 1.07. The van der Waals surface area contributed by atoms with Crippen LogP contribution in [0.15, 0.2) is 18.3 Å². The van der Waals surface area contributed by atoms with E-state index in [1.807, 2.05) is 0 Å². The van der Waals surface area contributed by atoms with E-state index in [9.17, 15) is 4.79 Å². The number of halogens is 1. The number of ether oxygens (including phenoxy) is 2. The van der Waals surface area contributed by atoms with Crippen LogP contribution in [0, 0.1) is 0 Å². The second kappa shape index (κ2) is 5.16. The van der Waals surface area contributed by atoms with E-state index in [1.54, 1.807) is 32.9 Å². The maximum atomic E-state index is 11.3. The zero-order valence-corrected chi connectivity index (χ0v) is 10.2. The number of carbonyl (C=O) groups excluding carboxylic acids is 1. The minimum absolute atomic E-state index is 0.138. The average molecular weight is 244 g/mol. The van der Waals surface area contributed by atoms with Crippen LogP contribution in [0.1, 0.15) is 20.8 Å². The molecule has 1 aromatic heterocycles. The number of hydrogen-bond donors (Lipinski definition) is 0. The van der Waals surface area contributed by atoms with E-state index in [-0.39, 0.29) is 6.61 Å². The number of pyridine rings is 1. The van der Waals surface area contributed by atoms with Crippen LogP contribution in [-0.2, 0) is 9.53 Å². The van der Waals surface area contributed by atoms with E-state index in [0.29, 0.717) is 10.9 Å². The molecule has 0 saturated carbocycles. The smallest absolute Gasteiger partial charge is 0.344 e. The van der Waals surface area contributed by atoms with Gasteiger partial charge in [-0.15, -0.1) is 0 Å². The molecule has 1 heterocycles. The Bertz CT molecular complexity index is 356. The summed E-state index contributed by atoms with van der Waals surface area (Å²) in [7, 11) is 0. The zero-order valence-electron chi connectivity index (χ0n) is 9.49. The molecule has 0 amide bonds. The van der Waals surface area contributed by atoms with Gasteiger partial charge in [-0.2, -0.15) is 0 Å². The Morgan fingerprint density at radius 1 is 1.44 bits per heavy atom. The van der Waals surface area contributed by atoms with Crippen molar-refractivity contribution in [2.24, 2.45) is 0 Å². The Morgan fingerprint density at radius 3 is 2.62 bits per heavy atom. The molecule has 0 bridgehead atoms. The molecule has 0 aliphatic rings. The molecule has 4 nitrogen and oxygen atoms in total. The minimum Gasteiger partial charge on any atom is -0.480 e. The number of hydrogen-bond acceptors (Lipinski definition) is 4. The van der Waals surface area contributed by atoms with Gasteiger partial charge in [-0.1, -0.05) is 11.6 Å². The predicted molar refractivity (Wildman–Crippen MR) is 60.6 cm³/mol. The Labute approximate surface area is 99.5 Å². The number of esters is 1. The van der Waals surface area contributed by atoms with Crippen LogP contribution in [0.5, 0.6) is 5.75 Å². The third-order valence-electron chi connectivity index (χ3n) is 1.48. The van der Waals surface area contributed by atoms with Crippen molar-refractivity contribution in [1.82, 2.24) is 4.98 Å². The summed E-state index contributed by atoms with van der Waals surface area (Å²) in [5.74, 6) is 0.0673. The van der Waals surface area contributed by atoms with E-state index >= 15 is 0 Å². The molecule has 0 spiro atoms. The van der Waals surface area contributed by atoms with Crippen molar-refractivity contribution < 1.29 is 14.3 Å². The molecule has 0 atom stereocenters. The molecule has 0 aliphatic carbocycles. The first-order valence-electron chi connectivity index (χ1n) is 4.83. The molecule has 0 unspecified atom stereocenters. The van der Waals surface area contributed by atoms with E-state index in [4.69, 9.17) is 21.1 Å². The van der Waals surface area contributed by atoms with Gasteiger partial charge in [-0.25, -0.2) is 9.78 Å². The molecule has 5 heteroatoms. The largest absolute Gasteiger partial charge is 0.480 e. The lowest BCUT2D eigenvalue weighted by Gasteiger charge is -2.19. The zero-order chi connectivity index (χ0) is 12.2. The second-order valence-electron chi connectivity index (χ2n) is 4.19. The summed E-state index contributed by atoms with van der Waals surface area (Å²) in [6, 6.07) is 3.23. The van der Waals surface area contributed by atoms with Crippen molar-refractivity contribution in [3.63, 3.8) is 0 Å². The molecule has 16 heavy (non-hydrogen) atoms. The fraction of sp³-hybridized carbons (Fsp3) is 0.455. The summed E-state index contributed by atoms with van der Waals surface area (Å²) >= 11 is 5.60. The number of rotatable bonds is 3. The van der Waals surface area contributed by atoms with Gasteiger partial charge >= 0.3 is 5.97 Å². The molecule has 0 N–H and O–H groups in total. The van der Waals surface area contributed by atoms with Crippen molar-refractivity contribution in [2.75, 3.05) is 6.61 Å². The lowest BCUT2D eigenvalue weighted by Crippen LogP contribution is -2.27. The van der Waals surface area contributed by atoms with Gasteiger partial charge in [0.15, 0.2) is 6.61 Å². The normalized spacial score (nSPS) is 11.0. The predicted octanol–water partition coefficient (Wildman–Crippen LogP) is 2.46. The first-order chi connectivity index (χ1) is 7.37. The van der Waals surface area contributed by atoms with Crippen LogP contribution in [0.25, 0.3) is 0 Å². The van der Waals surface area contributed by atoms with Gasteiger partial charge in [0.25, 0.3) is 0 Å². The number of nitrogens with zero attached hydrogens (tertiary/aromatic N) is 1. The van der Waals surface area contributed by atoms with E-state index in [2.05, 4.69) is 4.98 Å². The van der Waals surface area contributed by atoms with Crippen LogP contribution >= 0.6 is 11.6 Å². The maximum absolute atomic E-state index is 11.3. The first kappa shape index (κ1) is 12.8. The summed E-state index contributed by atoms with van der Waals surface area (Å²) in [5, 5.41) is 0.379. The highest BCUT2D eigenvalue weighted by Crippen LogP contribution is 2.12. The molecule has 0 saturated heterocycles. The highest BCUT2D eigenvalue weighted by Gasteiger charge is 2.16. The van der Waals surface area contributed by atoms with Crippen molar-refractivity contribution in [1.29, 1.82) is 0 Å². The summed E-state index contributed by atoms with van der Waals surface area (Å²) in [6.07, 6.45) is 1.45. The topological polar surface area (TPSA) is 48.4 Å². The van der Waals surface area contributed by atoms with Crippen LogP contribution < -0.4 is 4.74 Å². The molecule has 1 rings (SSSR count). The lowest BCUT2D eigenvalue weighted by atomic mass is 10.2. The quantitative estimate of drug-likeness (QED) is 0.604. The Balaban J connectivity index is 2.40. The van der Waals surface area contributed by atoms with Gasteiger partial charge in [0, 0.05) is 0 Å². The third kappa shape index (κ3) is 4.98. The summed E-state index contributed by atoms with van der Waals surface area (Å²) in [5.41, 5.74) is -0.501. The van der Waals surface area contributed by atoms with Crippen LogP contribution in [0.4, 0.5) is 0 Å². The second-order valence-corrected chi connectivity index (χ2v) is 4.58. The monoisotopic (exact) mass is 243 g/mol. The first-order valence-corrected chi connectivity index (χ1v) is 5.21. The molecular weight excluding hydrogens is 230 g/mol. The van der Waals surface area contributed by atoms with E-state index in [1.165, 1.54) is 6.20 Å². The summed E-state index contributed by atoms with van der Waals surface area (Å²) in [4.78, 5) is 15.1. The molecule has 1 aromatic rings. The standard InChI is InChI=1S/C11H14ClNO3/c1-11(2,3)16-10(14)7-15-8-4-5-9(12)13-6-8/h4-6H,7H2,1-3H3. The van der Waals surface area contributed by atoms with Gasteiger partial charge in [0.1, 0.15) is 16.5 Å². The van der Waals surface area contributed by atoms with Crippen molar-refractivity contribution in [3.05, 3.63) is 23.5 Å². The van der Waals surface area contributed by atoms with Crippen LogP contribution in [-0.4, -0.2) is 23.2 Å². The molecule has 0 radical (unpaired) electrons. The summed E-state index contributed by atoms with van der Waals surface area (Å²) < 4.78 is 10.2. The van der Waals surface area contributed by atoms with Gasteiger partial charge in [-0.05, 0) is 32.9 Å². The highest BCUT2D eigenvalue weighted by atomic mass is 35.5. The van der Waals surface area contributed by atoms with Crippen LogP contribution in [0.2, 0.25) is 5.15 Å². The molecule has 0 fully saturated rings. The van der Waals surface area contributed by atoms with Gasteiger partial charge in [0.2, 0.25) is 0 Å². The number of carbonyl (C=O) groups is 1. The maximum Gasteiger partial charge on any atom is 0.344 e. The Morgan fingerprint density at radius 2 is 2.12 bits per heavy atom. The molecule has 0 aromatic carbocycles. The van der Waals surface area contributed by atoms with Crippen molar-refractivity contribution in [2.45, 2.75) is 26.4 Å². The Hall–Kier alpha value is -1.29. The van der Waals surface area contributed by atoms with E-state index < -0.39 is 11.6 Å². The minimum atomic E-state index is -0.501. The fourth-order valence-electron chi connectivity index (χ4n) is 0.961. The van der Waals surface area contributed by atoms with E-state index in [0.717, 1.165) is 0 Å². The lowest BCUT2D eigenvalue weighted by molar-refractivity contribution is -0.157. The third-order valence-corrected chi connectivity index (χ3v) is 1.70. The molecular formula is C11H14ClNO3. The molecule has 88 valence electrons. The van der Waals surface area contributed by atoms with Gasteiger partial charge < -0.3 is 9.47 Å². The summed E-state index contributed by atoms with van der Waals surface area (Å²) in [6.45, 7) is 5.26. The highest BCUT2D eigenvalue weighted by molar-refractivity contribution is 6.29. The average Bonchev–Trinajstić information content (AvgIpc) is 2.14. The Kier molecular flexibility index (Phi) is 4.12. The number of aromatic nitrogens is 1. The van der Waals surface area contributed by atoms with Gasteiger partial charge in [-0.3, -0.25) is 0 Å². The van der Waals surface area contributed by atoms with Crippen LogP contribution in [0.3, 0.4) is 0 Å². The SMILES string of the molecule is CC(C)(C)OC(=O)COc1ccc(Cl)nc1. The van der Waals surface area contributed by atoms with Crippen molar-refractivity contribution in [3.8, 4) is 5.75 Å². The molecule has 0 aliphatic heterocycles. The van der Waals surface area contributed by atoms with Gasteiger partial charge in [0.05, 0.1) is 6.20 Å². The van der Waals surface area contributed by atoms with Crippen molar-refractivity contribution >= 4 is 17.6 Å².